The first-order valence-electron chi connectivity index (χ1n) is 5.76. The molecule has 0 aliphatic carbocycles. The number of amides is 1. The number of alkyl halides is 1. The number of aromatic nitrogens is 1. The number of anilines is 1. The Morgan fingerprint density at radius 2 is 2.11 bits per heavy atom. The summed E-state index contributed by atoms with van der Waals surface area (Å²) >= 11 is 10.4. The van der Waals surface area contributed by atoms with Crippen molar-refractivity contribution < 1.29 is 4.79 Å². The minimum Gasteiger partial charge on any atom is -0.302 e. The molecule has 0 aliphatic rings. The molecule has 6 heteroatoms. The van der Waals surface area contributed by atoms with E-state index in [-0.39, 0.29) is 5.91 Å². The zero-order chi connectivity index (χ0) is 13.7. The third kappa shape index (κ3) is 4.30. The molecule has 1 N–H and O–H groups in total. The van der Waals surface area contributed by atoms with E-state index >= 15 is 0 Å². The first kappa shape index (κ1) is 14.5. The van der Waals surface area contributed by atoms with E-state index in [1.54, 1.807) is 0 Å². The highest BCUT2D eigenvalue weighted by Crippen LogP contribution is 2.26. The van der Waals surface area contributed by atoms with E-state index in [4.69, 9.17) is 11.6 Å². The maximum Gasteiger partial charge on any atom is 0.226 e. The lowest BCUT2D eigenvalue weighted by atomic mass is 10.2. The standard InChI is InChI=1S/C13H12BrClN2OS/c14-10-5-3-9(4-6-10)11-8-19-13(16-11)17-12(18)2-1-7-15/h3-6,8H,1-2,7H2,(H,16,17,18). The Morgan fingerprint density at radius 1 is 1.37 bits per heavy atom. The molecular formula is C13H12BrClN2OS. The zero-order valence-electron chi connectivity index (χ0n) is 10.0. The Labute approximate surface area is 129 Å². The van der Waals surface area contributed by atoms with Gasteiger partial charge in [0.15, 0.2) is 5.13 Å². The van der Waals surface area contributed by atoms with Crippen LogP contribution in [0.2, 0.25) is 0 Å². The fraction of sp³-hybridized carbons (Fsp3) is 0.231. The largest absolute Gasteiger partial charge is 0.302 e. The number of thiazole rings is 1. The van der Waals surface area contributed by atoms with Gasteiger partial charge in [-0.05, 0) is 18.6 Å². The molecular weight excluding hydrogens is 348 g/mol. The molecule has 2 rings (SSSR count). The number of nitrogens with one attached hydrogen (secondary N) is 1. The molecule has 100 valence electrons. The van der Waals surface area contributed by atoms with Crippen molar-refractivity contribution in [2.45, 2.75) is 12.8 Å². The number of hydrogen-bond donors (Lipinski definition) is 1. The molecule has 0 fully saturated rings. The summed E-state index contributed by atoms with van der Waals surface area (Å²) < 4.78 is 1.03. The van der Waals surface area contributed by atoms with Crippen molar-refractivity contribution in [2.24, 2.45) is 0 Å². The highest BCUT2D eigenvalue weighted by atomic mass is 79.9. The molecule has 0 bridgehead atoms. The van der Waals surface area contributed by atoms with Gasteiger partial charge in [-0.15, -0.1) is 22.9 Å². The smallest absolute Gasteiger partial charge is 0.226 e. The van der Waals surface area contributed by atoms with Crippen LogP contribution < -0.4 is 5.32 Å². The van der Waals surface area contributed by atoms with Crippen LogP contribution in [0.3, 0.4) is 0 Å². The molecule has 3 nitrogen and oxygen atoms in total. The van der Waals surface area contributed by atoms with Crippen molar-refractivity contribution in [1.29, 1.82) is 0 Å². The topological polar surface area (TPSA) is 42.0 Å². The van der Waals surface area contributed by atoms with Crippen molar-refractivity contribution in [1.82, 2.24) is 4.98 Å². The van der Waals surface area contributed by atoms with Crippen LogP contribution in [0.25, 0.3) is 11.3 Å². The average molecular weight is 360 g/mol. The molecule has 1 amide bonds. The molecule has 0 radical (unpaired) electrons. The maximum atomic E-state index is 11.6. The van der Waals surface area contributed by atoms with Crippen molar-refractivity contribution >= 4 is 49.9 Å². The number of carbonyl (C=O) groups excluding carboxylic acids is 1. The van der Waals surface area contributed by atoms with Crippen LogP contribution in [0.4, 0.5) is 5.13 Å². The Kier molecular flexibility index (Phi) is 5.36. The second kappa shape index (κ2) is 7.03. The molecule has 0 saturated heterocycles. The van der Waals surface area contributed by atoms with Gasteiger partial charge in [-0.25, -0.2) is 4.98 Å². The highest BCUT2D eigenvalue weighted by molar-refractivity contribution is 9.10. The van der Waals surface area contributed by atoms with Gasteiger partial charge in [0.05, 0.1) is 5.69 Å². The minimum atomic E-state index is -0.0441. The fourth-order valence-electron chi connectivity index (χ4n) is 1.49. The maximum absolute atomic E-state index is 11.6. The van der Waals surface area contributed by atoms with Gasteiger partial charge in [-0.2, -0.15) is 0 Å². The van der Waals surface area contributed by atoms with E-state index in [1.807, 2.05) is 29.6 Å². The summed E-state index contributed by atoms with van der Waals surface area (Å²) in [4.78, 5) is 15.9. The Balaban J connectivity index is 2.02. The third-order valence-electron chi connectivity index (χ3n) is 2.43. The second-order valence-corrected chi connectivity index (χ2v) is 6.04. The third-order valence-corrected chi connectivity index (χ3v) is 3.98. The zero-order valence-corrected chi connectivity index (χ0v) is 13.2. The molecule has 2 aromatic rings. The lowest BCUT2D eigenvalue weighted by Crippen LogP contribution is -2.10. The van der Waals surface area contributed by atoms with E-state index < -0.39 is 0 Å². The number of benzene rings is 1. The number of halogens is 2. The van der Waals surface area contributed by atoms with Crippen molar-refractivity contribution in [3.05, 3.63) is 34.1 Å². The number of nitrogens with zero attached hydrogens (tertiary/aromatic N) is 1. The van der Waals surface area contributed by atoms with Gasteiger partial charge in [0.2, 0.25) is 5.91 Å². The molecule has 0 atom stereocenters. The van der Waals surface area contributed by atoms with E-state index in [1.165, 1.54) is 11.3 Å². The van der Waals surface area contributed by atoms with Gasteiger partial charge < -0.3 is 5.32 Å². The van der Waals surface area contributed by atoms with Crippen molar-refractivity contribution in [3.63, 3.8) is 0 Å². The Bertz CT molecular complexity index is 556. The van der Waals surface area contributed by atoms with Gasteiger partial charge in [-0.3, -0.25) is 4.79 Å². The normalized spacial score (nSPS) is 10.4. The minimum absolute atomic E-state index is 0.0441. The first-order valence-corrected chi connectivity index (χ1v) is 7.97. The Hall–Kier alpha value is -0.910. The molecule has 0 spiro atoms. The highest BCUT2D eigenvalue weighted by Gasteiger charge is 2.07. The van der Waals surface area contributed by atoms with Crippen LogP contribution >= 0.6 is 38.9 Å². The predicted octanol–water partition coefficient (Wildman–Crippen LogP) is 4.53. The summed E-state index contributed by atoms with van der Waals surface area (Å²) in [6.45, 7) is 0. The lowest BCUT2D eigenvalue weighted by Gasteiger charge is -1.99. The molecule has 0 aliphatic heterocycles. The fourth-order valence-corrected chi connectivity index (χ4v) is 2.63. The number of rotatable bonds is 5. The molecule has 1 aromatic heterocycles. The van der Waals surface area contributed by atoms with E-state index in [0.717, 1.165) is 15.7 Å². The molecule has 19 heavy (non-hydrogen) atoms. The van der Waals surface area contributed by atoms with Gasteiger partial charge in [0.25, 0.3) is 0 Å². The summed E-state index contributed by atoms with van der Waals surface area (Å²) in [6.07, 6.45) is 1.11. The van der Waals surface area contributed by atoms with Crippen LogP contribution in [-0.2, 0) is 4.79 Å². The van der Waals surface area contributed by atoms with E-state index in [9.17, 15) is 4.79 Å². The van der Waals surface area contributed by atoms with Crippen LogP contribution in [0.15, 0.2) is 34.1 Å². The van der Waals surface area contributed by atoms with Crippen molar-refractivity contribution in [2.75, 3.05) is 11.2 Å². The number of carbonyl (C=O) groups is 1. The second-order valence-electron chi connectivity index (χ2n) is 3.89. The lowest BCUT2D eigenvalue weighted by molar-refractivity contribution is -0.116. The first-order chi connectivity index (χ1) is 9.19. The average Bonchev–Trinajstić information content (AvgIpc) is 2.85. The van der Waals surface area contributed by atoms with Gasteiger partial charge in [0.1, 0.15) is 0 Å². The van der Waals surface area contributed by atoms with Gasteiger partial charge >= 0.3 is 0 Å². The SMILES string of the molecule is O=C(CCCCl)Nc1nc(-c2ccc(Br)cc2)cs1. The molecule has 0 unspecified atom stereocenters. The van der Waals surface area contributed by atoms with Crippen LogP contribution in [0, 0.1) is 0 Å². The molecule has 1 aromatic carbocycles. The van der Waals surface area contributed by atoms with Gasteiger partial charge in [0, 0.05) is 27.7 Å². The van der Waals surface area contributed by atoms with Crippen LogP contribution in [-0.4, -0.2) is 16.8 Å². The summed E-state index contributed by atoms with van der Waals surface area (Å²) in [7, 11) is 0. The summed E-state index contributed by atoms with van der Waals surface area (Å²) in [6, 6.07) is 7.90. The summed E-state index contributed by atoms with van der Waals surface area (Å²) in [5.41, 5.74) is 1.89. The van der Waals surface area contributed by atoms with E-state index in [0.29, 0.717) is 23.9 Å². The predicted molar refractivity (Wildman–Crippen MR) is 83.8 cm³/mol. The quantitative estimate of drug-likeness (QED) is 0.797. The summed E-state index contributed by atoms with van der Waals surface area (Å²) in [5.74, 6) is 0.451. The molecule has 1 heterocycles. The molecule has 0 saturated carbocycles. The van der Waals surface area contributed by atoms with Crippen LogP contribution in [0.1, 0.15) is 12.8 Å². The van der Waals surface area contributed by atoms with E-state index in [2.05, 4.69) is 26.2 Å². The van der Waals surface area contributed by atoms with Crippen molar-refractivity contribution in [3.8, 4) is 11.3 Å². The van der Waals surface area contributed by atoms with Gasteiger partial charge in [-0.1, -0.05) is 28.1 Å². The monoisotopic (exact) mass is 358 g/mol. The number of hydrogen-bond acceptors (Lipinski definition) is 3. The Morgan fingerprint density at radius 3 is 2.79 bits per heavy atom. The van der Waals surface area contributed by atoms with Crippen LogP contribution in [0.5, 0.6) is 0 Å². The summed E-state index contributed by atoms with van der Waals surface area (Å²) in [5, 5.41) is 5.33.